The van der Waals surface area contributed by atoms with E-state index in [1.54, 1.807) is 0 Å². The molecule has 2 aliphatic rings. The number of nitrogens with zero attached hydrogens (tertiary/aromatic N) is 1. The lowest BCUT2D eigenvalue weighted by atomic mass is 9.80. The van der Waals surface area contributed by atoms with E-state index in [0.29, 0.717) is 5.54 Å². The van der Waals surface area contributed by atoms with Crippen LogP contribution < -0.4 is 5.73 Å². The smallest absolute Gasteiger partial charge is 0.0166 e. The summed E-state index contributed by atoms with van der Waals surface area (Å²) in [5.74, 6) is 0. The fourth-order valence-electron chi connectivity index (χ4n) is 3.44. The Bertz CT molecular complexity index is 229. The summed E-state index contributed by atoms with van der Waals surface area (Å²) in [7, 11) is 0. The van der Waals surface area contributed by atoms with Crippen LogP contribution in [0.2, 0.25) is 0 Å². The Morgan fingerprint density at radius 2 is 1.69 bits per heavy atom. The number of rotatable bonds is 3. The molecule has 0 aromatic rings. The molecule has 0 radical (unpaired) electrons. The summed E-state index contributed by atoms with van der Waals surface area (Å²) < 4.78 is 0. The van der Waals surface area contributed by atoms with Crippen molar-refractivity contribution in [2.45, 2.75) is 76.3 Å². The highest BCUT2D eigenvalue weighted by Gasteiger charge is 2.34. The molecule has 1 saturated heterocycles. The average Bonchev–Trinajstić information content (AvgIpc) is 2.56. The molecule has 2 fully saturated rings. The van der Waals surface area contributed by atoms with Gasteiger partial charge in [0.15, 0.2) is 0 Å². The van der Waals surface area contributed by atoms with E-state index >= 15 is 0 Å². The molecule has 2 rings (SSSR count). The van der Waals surface area contributed by atoms with E-state index in [-0.39, 0.29) is 5.54 Å². The molecule has 0 spiro atoms. The van der Waals surface area contributed by atoms with Crippen LogP contribution in [0, 0.1) is 0 Å². The molecule has 2 heteroatoms. The fraction of sp³-hybridized carbons (Fsp3) is 1.00. The van der Waals surface area contributed by atoms with Crippen LogP contribution in [0.1, 0.15) is 65.2 Å². The second-order valence-electron chi connectivity index (χ2n) is 6.58. The monoisotopic (exact) mass is 224 g/mol. The van der Waals surface area contributed by atoms with Gasteiger partial charge in [-0.2, -0.15) is 0 Å². The SMILES string of the molecule is CC1(C)CCCN1CCC1(N)CCCCC1. The Morgan fingerprint density at radius 1 is 1.00 bits per heavy atom. The van der Waals surface area contributed by atoms with E-state index < -0.39 is 0 Å². The molecule has 1 aliphatic carbocycles. The van der Waals surface area contributed by atoms with E-state index in [1.807, 2.05) is 0 Å². The van der Waals surface area contributed by atoms with Gasteiger partial charge in [-0.3, -0.25) is 4.90 Å². The van der Waals surface area contributed by atoms with Gasteiger partial charge in [-0.15, -0.1) is 0 Å². The highest BCUT2D eigenvalue weighted by Crippen LogP contribution is 2.32. The zero-order chi connectivity index (χ0) is 11.6. The first-order valence-electron chi connectivity index (χ1n) is 7.06. The molecule has 1 saturated carbocycles. The molecule has 0 aromatic heterocycles. The van der Waals surface area contributed by atoms with Crippen LogP contribution in [0.3, 0.4) is 0 Å². The lowest BCUT2D eigenvalue weighted by molar-refractivity contribution is 0.147. The Balaban J connectivity index is 1.82. The van der Waals surface area contributed by atoms with E-state index in [1.165, 1.54) is 64.5 Å². The third-order valence-electron chi connectivity index (χ3n) is 4.80. The van der Waals surface area contributed by atoms with Gasteiger partial charge >= 0.3 is 0 Å². The molecule has 0 aromatic carbocycles. The Kier molecular flexibility index (Phi) is 3.60. The Hall–Kier alpha value is -0.0800. The first kappa shape index (κ1) is 12.4. The predicted octanol–water partition coefficient (Wildman–Crippen LogP) is 2.91. The van der Waals surface area contributed by atoms with Gasteiger partial charge in [-0.1, -0.05) is 19.3 Å². The average molecular weight is 224 g/mol. The molecular weight excluding hydrogens is 196 g/mol. The number of nitrogens with two attached hydrogens (primary N) is 1. The summed E-state index contributed by atoms with van der Waals surface area (Å²) >= 11 is 0. The molecular formula is C14H28N2. The van der Waals surface area contributed by atoms with Crippen molar-refractivity contribution in [1.82, 2.24) is 4.90 Å². The largest absolute Gasteiger partial charge is 0.325 e. The maximum absolute atomic E-state index is 6.50. The fourth-order valence-corrected chi connectivity index (χ4v) is 3.44. The maximum atomic E-state index is 6.50. The number of hydrogen-bond acceptors (Lipinski definition) is 2. The molecule has 0 atom stereocenters. The van der Waals surface area contributed by atoms with Crippen LogP contribution >= 0.6 is 0 Å². The highest BCUT2D eigenvalue weighted by molar-refractivity contribution is 4.92. The first-order valence-corrected chi connectivity index (χ1v) is 7.06. The predicted molar refractivity (Wildman–Crippen MR) is 69.5 cm³/mol. The van der Waals surface area contributed by atoms with Crippen molar-refractivity contribution in [2.24, 2.45) is 5.73 Å². The van der Waals surface area contributed by atoms with Crippen molar-refractivity contribution in [1.29, 1.82) is 0 Å². The maximum Gasteiger partial charge on any atom is 0.0166 e. The third kappa shape index (κ3) is 2.78. The van der Waals surface area contributed by atoms with Gasteiger partial charge in [0.25, 0.3) is 0 Å². The highest BCUT2D eigenvalue weighted by atomic mass is 15.2. The van der Waals surface area contributed by atoms with Crippen LogP contribution in [0.5, 0.6) is 0 Å². The Labute approximate surface area is 101 Å². The molecule has 1 heterocycles. The van der Waals surface area contributed by atoms with Gasteiger partial charge in [0.2, 0.25) is 0 Å². The molecule has 0 amide bonds. The lowest BCUT2D eigenvalue weighted by Crippen LogP contribution is -2.47. The van der Waals surface area contributed by atoms with Crippen LogP contribution in [0.15, 0.2) is 0 Å². The Morgan fingerprint density at radius 3 is 2.25 bits per heavy atom. The third-order valence-corrected chi connectivity index (χ3v) is 4.80. The zero-order valence-electron chi connectivity index (χ0n) is 11.1. The molecule has 1 aliphatic heterocycles. The van der Waals surface area contributed by atoms with Gasteiger partial charge in [0, 0.05) is 17.6 Å². The van der Waals surface area contributed by atoms with E-state index in [4.69, 9.17) is 5.73 Å². The van der Waals surface area contributed by atoms with Crippen molar-refractivity contribution in [3.63, 3.8) is 0 Å². The van der Waals surface area contributed by atoms with Gasteiger partial charge in [-0.25, -0.2) is 0 Å². The van der Waals surface area contributed by atoms with Crippen LogP contribution in [0.25, 0.3) is 0 Å². The minimum absolute atomic E-state index is 0.164. The van der Waals surface area contributed by atoms with Crippen molar-refractivity contribution in [3.8, 4) is 0 Å². The van der Waals surface area contributed by atoms with Crippen LogP contribution in [0.4, 0.5) is 0 Å². The molecule has 0 bridgehead atoms. The first-order chi connectivity index (χ1) is 7.52. The second-order valence-corrected chi connectivity index (χ2v) is 6.58. The van der Waals surface area contributed by atoms with Crippen molar-refractivity contribution < 1.29 is 0 Å². The van der Waals surface area contributed by atoms with Gasteiger partial charge < -0.3 is 5.73 Å². The van der Waals surface area contributed by atoms with Crippen LogP contribution in [-0.2, 0) is 0 Å². The lowest BCUT2D eigenvalue weighted by Gasteiger charge is -2.38. The van der Waals surface area contributed by atoms with Crippen molar-refractivity contribution in [2.75, 3.05) is 13.1 Å². The van der Waals surface area contributed by atoms with E-state index in [0.717, 1.165) is 0 Å². The molecule has 0 unspecified atom stereocenters. The van der Waals surface area contributed by atoms with Gasteiger partial charge in [0.1, 0.15) is 0 Å². The van der Waals surface area contributed by atoms with Crippen molar-refractivity contribution in [3.05, 3.63) is 0 Å². The molecule has 2 nitrogen and oxygen atoms in total. The normalized spacial score (nSPS) is 29.4. The standard InChI is InChI=1S/C14H28N2/c1-13(2)7-6-11-16(13)12-10-14(15)8-4-3-5-9-14/h3-12,15H2,1-2H3. The van der Waals surface area contributed by atoms with Crippen molar-refractivity contribution >= 4 is 0 Å². The minimum atomic E-state index is 0.164. The quantitative estimate of drug-likeness (QED) is 0.798. The second kappa shape index (κ2) is 4.66. The zero-order valence-corrected chi connectivity index (χ0v) is 11.1. The number of hydrogen-bond donors (Lipinski definition) is 1. The van der Waals surface area contributed by atoms with Gasteiger partial charge in [0.05, 0.1) is 0 Å². The van der Waals surface area contributed by atoms with E-state index in [2.05, 4.69) is 18.7 Å². The summed E-state index contributed by atoms with van der Waals surface area (Å²) in [6, 6.07) is 0. The molecule has 94 valence electrons. The summed E-state index contributed by atoms with van der Waals surface area (Å²) in [6.07, 6.45) is 10.5. The summed E-state index contributed by atoms with van der Waals surface area (Å²) in [5, 5.41) is 0. The minimum Gasteiger partial charge on any atom is -0.325 e. The summed E-state index contributed by atoms with van der Waals surface area (Å²) in [4.78, 5) is 2.65. The topological polar surface area (TPSA) is 29.3 Å². The summed E-state index contributed by atoms with van der Waals surface area (Å²) in [6.45, 7) is 7.25. The number of likely N-dealkylation sites (tertiary alicyclic amines) is 1. The molecule has 2 N–H and O–H groups in total. The summed E-state index contributed by atoms with van der Waals surface area (Å²) in [5.41, 5.74) is 7.08. The van der Waals surface area contributed by atoms with Crippen LogP contribution in [-0.4, -0.2) is 29.1 Å². The molecule has 16 heavy (non-hydrogen) atoms. The van der Waals surface area contributed by atoms with E-state index in [9.17, 15) is 0 Å². The van der Waals surface area contributed by atoms with Gasteiger partial charge in [-0.05, 0) is 52.5 Å².